The van der Waals surface area contributed by atoms with Crippen LogP contribution >= 0.6 is 22.9 Å². The number of ether oxygens (including phenoxy) is 1. The van der Waals surface area contributed by atoms with E-state index in [1.165, 1.54) is 6.07 Å². The quantitative estimate of drug-likeness (QED) is 0.795. The monoisotopic (exact) mass is 380 g/mol. The van der Waals surface area contributed by atoms with Gasteiger partial charge in [-0.05, 0) is 18.2 Å². The molecule has 2 N–H and O–H groups in total. The Bertz CT molecular complexity index is 807. The van der Waals surface area contributed by atoms with Crippen molar-refractivity contribution in [3.8, 4) is 5.75 Å². The van der Waals surface area contributed by atoms with Gasteiger partial charge in [-0.2, -0.15) is 13.2 Å². The number of aromatic nitrogens is 1. The Morgan fingerprint density at radius 3 is 2.62 bits per heavy atom. The zero-order valence-electron chi connectivity index (χ0n) is 11.8. The molecule has 0 saturated heterocycles. The van der Waals surface area contributed by atoms with E-state index in [9.17, 15) is 27.9 Å². The number of rotatable bonds is 3. The summed E-state index contributed by atoms with van der Waals surface area (Å²) in [5.74, 6) is -2.88. The molecule has 128 valence electrons. The first-order valence-corrected chi connectivity index (χ1v) is 7.29. The average molecular weight is 381 g/mol. The number of methoxy groups -OCH3 is 1. The van der Waals surface area contributed by atoms with Gasteiger partial charge in [-0.3, -0.25) is 4.79 Å². The van der Waals surface area contributed by atoms with E-state index in [0.29, 0.717) is 6.07 Å². The third-order valence-corrected chi connectivity index (χ3v) is 3.94. The molecule has 2 aromatic heterocycles. The van der Waals surface area contributed by atoms with Gasteiger partial charge in [0.25, 0.3) is 5.91 Å². The van der Waals surface area contributed by atoms with E-state index in [4.69, 9.17) is 11.6 Å². The van der Waals surface area contributed by atoms with Crippen molar-refractivity contribution >= 4 is 40.5 Å². The van der Waals surface area contributed by atoms with Crippen molar-refractivity contribution in [2.75, 3.05) is 12.4 Å². The number of esters is 1. The minimum absolute atomic E-state index is 0.0225. The highest BCUT2D eigenvalue weighted by molar-refractivity contribution is 7.18. The van der Waals surface area contributed by atoms with Gasteiger partial charge in [0.2, 0.25) is 0 Å². The first kappa shape index (κ1) is 18.0. The molecule has 0 aliphatic carbocycles. The number of carbonyl (C=O) groups excluding carboxylic acids is 2. The van der Waals surface area contributed by atoms with Gasteiger partial charge in [-0.15, -0.1) is 11.3 Å². The fourth-order valence-electron chi connectivity index (χ4n) is 1.67. The average Bonchev–Trinajstić information content (AvgIpc) is 2.86. The van der Waals surface area contributed by atoms with E-state index in [1.807, 2.05) is 0 Å². The van der Waals surface area contributed by atoms with Crippen LogP contribution in [0.25, 0.3) is 0 Å². The normalized spacial score (nSPS) is 11.2. The van der Waals surface area contributed by atoms with Crippen LogP contribution in [-0.2, 0) is 10.9 Å². The van der Waals surface area contributed by atoms with Gasteiger partial charge in [0, 0.05) is 0 Å². The Labute approximate surface area is 141 Å². The fourth-order valence-corrected chi connectivity index (χ4v) is 2.77. The Kier molecular flexibility index (Phi) is 4.99. The van der Waals surface area contributed by atoms with E-state index in [1.54, 1.807) is 0 Å². The van der Waals surface area contributed by atoms with Crippen LogP contribution in [0.1, 0.15) is 25.9 Å². The largest absolute Gasteiger partial charge is 0.506 e. The molecule has 0 fully saturated rings. The minimum atomic E-state index is -4.93. The fraction of sp³-hybridized carbons (Fsp3) is 0.154. The van der Waals surface area contributed by atoms with Crippen molar-refractivity contribution in [3.05, 3.63) is 38.8 Å². The smallest absolute Gasteiger partial charge is 0.437 e. The van der Waals surface area contributed by atoms with Gasteiger partial charge in [-0.1, -0.05) is 11.6 Å². The van der Waals surface area contributed by atoms with E-state index in [0.717, 1.165) is 24.5 Å². The third-order valence-electron chi connectivity index (χ3n) is 2.70. The molecular formula is C13H8ClF3N2O4S. The van der Waals surface area contributed by atoms with E-state index in [-0.39, 0.29) is 14.9 Å². The van der Waals surface area contributed by atoms with Crippen LogP contribution in [-0.4, -0.2) is 29.1 Å². The maximum Gasteiger partial charge on any atom is 0.437 e. The molecule has 1 amide bonds. The highest BCUT2D eigenvalue weighted by Crippen LogP contribution is 2.35. The summed E-state index contributed by atoms with van der Waals surface area (Å²) in [6, 6.07) is 2.86. The molecule has 11 heteroatoms. The van der Waals surface area contributed by atoms with Crippen LogP contribution in [0.15, 0.2) is 18.2 Å². The van der Waals surface area contributed by atoms with Gasteiger partial charge < -0.3 is 15.2 Å². The number of hydrogen-bond donors (Lipinski definition) is 2. The van der Waals surface area contributed by atoms with Crippen LogP contribution in [0.3, 0.4) is 0 Å². The maximum absolute atomic E-state index is 12.7. The molecule has 0 aliphatic rings. The van der Waals surface area contributed by atoms with Gasteiger partial charge in [0.05, 0.1) is 17.1 Å². The Morgan fingerprint density at radius 1 is 1.38 bits per heavy atom. The number of nitrogens with zero attached hydrogens (tertiary/aromatic N) is 1. The van der Waals surface area contributed by atoms with Crippen molar-refractivity contribution in [2.24, 2.45) is 0 Å². The molecule has 6 nitrogen and oxygen atoms in total. The summed E-state index contributed by atoms with van der Waals surface area (Å²) < 4.78 is 42.8. The number of pyridine rings is 1. The van der Waals surface area contributed by atoms with Crippen LogP contribution in [0.2, 0.25) is 4.34 Å². The number of amides is 1. The van der Waals surface area contributed by atoms with E-state index < -0.39 is 35.2 Å². The Morgan fingerprint density at radius 2 is 2.04 bits per heavy atom. The number of thiophene rings is 1. The zero-order valence-corrected chi connectivity index (χ0v) is 13.3. The maximum atomic E-state index is 12.7. The summed E-state index contributed by atoms with van der Waals surface area (Å²) in [5.41, 5.74) is -2.21. The van der Waals surface area contributed by atoms with E-state index >= 15 is 0 Å². The topological polar surface area (TPSA) is 88.5 Å². The molecule has 2 aromatic rings. The molecule has 0 bridgehead atoms. The number of nitrogens with one attached hydrogen (secondary N) is 1. The molecule has 0 radical (unpaired) electrons. The SMILES string of the molecule is COC(=O)c1sc(Cl)cc1NC(=O)c1ccc(O)c(C(F)(F)F)n1. The molecule has 0 aliphatic heterocycles. The first-order chi connectivity index (χ1) is 11.1. The number of anilines is 1. The predicted octanol–water partition coefficient (Wildman–Crippen LogP) is 3.56. The van der Waals surface area contributed by atoms with Crippen LogP contribution in [0.5, 0.6) is 5.75 Å². The van der Waals surface area contributed by atoms with Gasteiger partial charge >= 0.3 is 12.1 Å². The van der Waals surface area contributed by atoms with E-state index in [2.05, 4.69) is 15.0 Å². The van der Waals surface area contributed by atoms with Crippen molar-refractivity contribution in [1.82, 2.24) is 4.98 Å². The summed E-state index contributed by atoms with van der Waals surface area (Å²) in [6.45, 7) is 0. The first-order valence-electron chi connectivity index (χ1n) is 6.09. The summed E-state index contributed by atoms with van der Waals surface area (Å²) in [4.78, 5) is 26.7. The van der Waals surface area contributed by atoms with Gasteiger partial charge in [0.1, 0.15) is 16.3 Å². The number of aromatic hydroxyl groups is 1. The second kappa shape index (κ2) is 6.65. The lowest BCUT2D eigenvalue weighted by Crippen LogP contribution is -2.18. The highest BCUT2D eigenvalue weighted by atomic mass is 35.5. The molecule has 0 spiro atoms. The molecule has 24 heavy (non-hydrogen) atoms. The standard InChI is InChI=1S/C13H8ClF3N2O4S/c1-23-12(22)9-6(4-8(14)24-9)19-11(21)5-2-3-7(20)10(18-5)13(15,16)17/h2-4,20H,1H3,(H,19,21). The Hall–Kier alpha value is -2.33. The summed E-state index contributed by atoms with van der Waals surface area (Å²) >= 11 is 6.59. The lowest BCUT2D eigenvalue weighted by atomic mass is 10.2. The van der Waals surface area contributed by atoms with Crippen LogP contribution in [0, 0.1) is 0 Å². The number of halogens is 4. The second-order valence-electron chi connectivity index (χ2n) is 4.30. The molecule has 2 heterocycles. The van der Waals surface area contributed by atoms with Crippen molar-refractivity contribution in [3.63, 3.8) is 0 Å². The van der Waals surface area contributed by atoms with Crippen molar-refractivity contribution in [2.45, 2.75) is 6.18 Å². The number of alkyl halides is 3. The summed E-state index contributed by atoms with van der Waals surface area (Å²) in [7, 11) is 1.12. The second-order valence-corrected chi connectivity index (χ2v) is 5.98. The predicted molar refractivity (Wildman–Crippen MR) is 79.5 cm³/mol. The molecule has 0 saturated carbocycles. The van der Waals surface area contributed by atoms with Crippen molar-refractivity contribution < 1.29 is 32.6 Å². The van der Waals surface area contributed by atoms with Crippen LogP contribution in [0.4, 0.5) is 18.9 Å². The summed E-state index contributed by atoms with van der Waals surface area (Å²) in [5, 5.41) is 11.4. The molecule has 0 unspecified atom stereocenters. The minimum Gasteiger partial charge on any atom is -0.506 e. The lowest BCUT2D eigenvalue weighted by Gasteiger charge is -2.10. The molecule has 0 aromatic carbocycles. The third kappa shape index (κ3) is 3.77. The Balaban J connectivity index is 2.33. The highest BCUT2D eigenvalue weighted by Gasteiger charge is 2.36. The van der Waals surface area contributed by atoms with Crippen molar-refractivity contribution in [1.29, 1.82) is 0 Å². The molecule has 0 atom stereocenters. The zero-order chi connectivity index (χ0) is 18.1. The molecule has 2 rings (SSSR count). The molecular weight excluding hydrogens is 373 g/mol. The van der Waals surface area contributed by atoms with Crippen LogP contribution < -0.4 is 5.32 Å². The van der Waals surface area contributed by atoms with Gasteiger partial charge in [-0.25, -0.2) is 9.78 Å². The lowest BCUT2D eigenvalue weighted by molar-refractivity contribution is -0.142. The van der Waals surface area contributed by atoms with Gasteiger partial charge in [0.15, 0.2) is 5.69 Å². The summed E-state index contributed by atoms with van der Waals surface area (Å²) in [6.07, 6.45) is -4.93. The number of carbonyl (C=O) groups is 2. The number of hydrogen-bond acceptors (Lipinski definition) is 6.